The third-order valence-electron chi connectivity index (χ3n) is 8.89. The van der Waals surface area contributed by atoms with Gasteiger partial charge in [-0.15, -0.1) is 11.3 Å². The molecule has 0 radical (unpaired) electrons. The van der Waals surface area contributed by atoms with Crippen molar-refractivity contribution in [1.29, 1.82) is 0 Å². The molecule has 0 spiro atoms. The average Bonchev–Trinajstić information content (AvgIpc) is 3.67. The number of aromatic nitrogens is 3. The Hall–Kier alpha value is -5.91. The Bertz CT molecular complexity index is 2830. The first-order valence-electron chi connectivity index (χ1n) is 15.3. The normalized spacial score (nSPS) is 11.9. The van der Waals surface area contributed by atoms with Gasteiger partial charge in [-0.05, 0) is 51.9 Å². The Kier molecular flexibility index (Phi) is 5.41. The van der Waals surface area contributed by atoms with Crippen LogP contribution >= 0.6 is 11.3 Å². The fourth-order valence-electron chi connectivity index (χ4n) is 6.72. The molecule has 5 heteroatoms. The zero-order chi connectivity index (χ0) is 30.2. The second-order valence-electron chi connectivity index (χ2n) is 11.6. The highest BCUT2D eigenvalue weighted by Gasteiger charge is 2.21. The van der Waals surface area contributed by atoms with E-state index in [1.54, 1.807) is 11.3 Å². The van der Waals surface area contributed by atoms with Gasteiger partial charge in [0.05, 0.1) is 0 Å². The van der Waals surface area contributed by atoms with E-state index in [-0.39, 0.29) is 0 Å². The molecule has 10 aromatic rings. The van der Waals surface area contributed by atoms with Crippen molar-refractivity contribution in [2.24, 2.45) is 0 Å². The van der Waals surface area contributed by atoms with E-state index in [4.69, 9.17) is 19.4 Å². The molecule has 214 valence electrons. The molecule has 0 amide bonds. The van der Waals surface area contributed by atoms with Crippen LogP contribution in [0.25, 0.3) is 97.8 Å². The van der Waals surface area contributed by atoms with Crippen molar-refractivity contribution in [1.82, 2.24) is 15.0 Å². The summed E-state index contributed by atoms with van der Waals surface area (Å²) in [7, 11) is 0. The number of hydrogen-bond acceptors (Lipinski definition) is 5. The van der Waals surface area contributed by atoms with Gasteiger partial charge in [0.15, 0.2) is 17.5 Å². The van der Waals surface area contributed by atoms with Crippen LogP contribution in [0, 0.1) is 0 Å². The van der Waals surface area contributed by atoms with Gasteiger partial charge in [-0.3, -0.25) is 0 Å². The van der Waals surface area contributed by atoms with Crippen LogP contribution in [0.2, 0.25) is 0 Å². The van der Waals surface area contributed by atoms with Crippen molar-refractivity contribution >= 4 is 75.0 Å². The van der Waals surface area contributed by atoms with Crippen LogP contribution < -0.4 is 0 Å². The minimum Gasteiger partial charge on any atom is -0.456 e. The smallest absolute Gasteiger partial charge is 0.165 e. The minimum absolute atomic E-state index is 0.623. The van der Waals surface area contributed by atoms with Crippen LogP contribution in [0.1, 0.15) is 0 Å². The van der Waals surface area contributed by atoms with Crippen molar-refractivity contribution in [2.75, 3.05) is 0 Å². The Morgan fingerprint density at radius 3 is 1.91 bits per heavy atom. The molecule has 3 heterocycles. The van der Waals surface area contributed by atoms with Crippen LogP contribution in [0.4, 0.5) is 0 Å². The summed E-state index contributed by atoms with van der Waals surface area (Å²) in [4.78, 5) is 15.6. The molecular weight excluding hydrogens is 583 g/mol. The lowest BCUT2D eigenvalue weighted by molar-refractivity contribution is 0.669. The van der Waals surface area contributed by atoms with Gasteiger partial charge in [0, 0.05) is 47.6 Å². The zero-order valence-corrected chi connectivity index (χ0v) is 25.3. The Morgan fingerprint density at radius 2 is 1.04 bits per heavy atom. The molecule has 0 aliphatic rings. The summed E-state index contributed by atoms with van der Waals surface area (Å²) in [6.45, 7) is 0. The second kappa shape index (κ2) is 9.80. The van der Waals surface area contributed by atoms with E-state index in [0.29, 0.717) is 17.5 Å². The van der Waals surface area contributed by atoms with Crippen LogP contribution in [0.5, 0.6) is 0 Å². The summed E-state index contributed by atoms with van der Waals surface area (Å²) in [5.74, 6) is 1.90. The van der Waals surface area contributed by atoms with Gasteiger partial charge in [-0.2, -0.15) is 0 Å². The second-order valence-corrected chi connectivity index (χ2v) is 12.7. The molecule has 0 N–H and O–H groups in total. The molecule has 0 atom stereocenters. The number of hydrogen-bond donors (Lipinski definition) is 0. The molecule has 4 nitrogen and oxygen atoms in total. The highest BCUT2D eigenvalue weighted by atomic mass is 32.1. The lowest BCUT2D eigenvalue weighted by Crippen LogP contribution is -2.01. The summed E-state index contributed by atoms with van der Waals surface area (Å²) in [6.07, 6.45) is 0. The molecular formula is C41H23N3OS. The number of thiophene rings is 1. The SMILES string of the molecule is c1ccc2cc(-c3nc(-c4ccc5c(c4)sc4ccccc45)nc(-c4c5ccccc5cc5oc6ccccc6c45)n3)ccc2c1. The number of nitrogens with zero attached hydrogens (tertiary/aromatic N) is 3. The quantitative estimate of drug-likeness (QED) is 0.201. The van der Waals surface area contributed by atoms with E-state index in [2.05, 4.69) is 127 Å². The van der Waals surface area contributed by atoms with Crippen LogP contribution in [0.3, 0.4) is 0 Å². The maximum atomic E-state index is 6.41. The predicted molar refractivity (Wildman–Crippen MR) is 191 cm³/mol. The van der Waals surface area contributed by atoms with Crippen LogP contribution in [-0.2, 0) is 0 Å². The maximum Gasteiger partial charge on any atom is 0.165 e. The predicted octanol–water partition coefficient (Wildman–Crippen LogP) is 11.4. The summed E-state index contributed by atoms with van der Waals surface area (Å²) in [5, 5.41) is 9.03. The fourth-order valence-corrected chi connectivity index (χ4v) is 7.87. The largest absolute Gasteiger partial charge is 0.456 e. The number of rotatable bonds is 3. The number of furan rings is 1. The molecule has 0 saturated heterocycles. The first-order valence-corrected chi connectivity index (χ1v) is 16.1. The van der Waals surface area contributed by atoms with Gasteiger partial charge >= 0.3 is 0 Å². The Balaban J connectivity index is 1.29. The molecule has 0 fully saturated rings. The monoisotopic (exact) mass is 605 g/mol. The minimum atomic E-state index is 0.623. The average molecular weight is 606 g/mol. The van der Waals surface area contributed by atoms with E-state index in [1.807, 2.05) is 12.1 Å². The van der Waals surface area contributed by atoms with Crippen molar-refractivity contribution < 1.29 is 4.42 Å². The van der Waals surface area contributed by atoms with Crippen LogP contribution in [0.15, 0.2) is 144 Å². The first-order chi connectivity index (χ1) is 22.8. The van der Waals surface area contributed by atoms with E-state index >= 15 is 0 Å². The molecule has 0 aliphatic heterocycles. The first kappa shape index (κ1) is 25.4. The highest BCUT2D eigenvalue weighted by Crippen LogP contribution is 2.42. The van der Waals surface area contributed by atoms with E-state index < -0.39 is 0 Å². The maximum absolute atomic E-state index is 6.41. The molecule has 3 aromatic heterocycles. The van der Waals surface area contributed by atoms with Gasteiger partial charge < -0.3 is 4.42 Å². The summed E-state index contributed by atoms with van der Waals surface area (Å²) < 4.78 is 8.89. The molecule has 0 bridgehead atoms. The van der Waals surface area contributed by atoms with Crippen molar-refractivity contribution in [3.05, 3.63) is 140 Å². The zero-order valence-electron chi connectivity index (χ0n) is 24.4. The molecule has 0 unspecified atom stereocenters. The number of benzene rings is 7. The summed E-state index contributed by atoms with van der Waals surface area (Å²) in [6, 6.07) is 48.6. The molecule has 0 aliphatic carbocycles. The Labute approximate surface area is 267 Å². The van der Waals surface area contributed by atoms with Crippen molar-refractivity contribution in [3.8, 4) is 34.2 Å². The van der Waals surface area contributed by atoms with Crippen molar-refractivity contribution in [3.63, 3.8) is 0 Å². The van der Waals surface area contributed by atoms with E-state index in [9.17, 15) is 0 Å². The Morgan fingerprint density at radius 1 is 0.413 bits per heavy atom. The van der Waals surface area contributed by atoms with Gasteiger partial charge in [-0.1, -0.05) is 109 Å². The van der Waals surface area contributed by atoms with Gasteiger partial charge in [0.2, 0.25) is 0 Å². The fraction of sp³-hybridized carbons (Fsp3) is 0. The van der Waals surface area contributed by atoms with Crippen molar-refractivity contribution in [2.45, 2.75) is 0 Å². The van der Waals surface area contributed by atoms with Gasteiger partial charge in [-0.25, -0.2) is 15.0 Å². The van der Waals surface area contributed by atoms with Crippen LogP contribution in [-0.4, -0.2) is 15.0 Å². The number of para-hydroxylation sites is 1. The topological polar surface area (TPSA) is 51.8 Å². The lowest BCUT2D eigenvalue weighted by atomic mass is 9.97. The molecule has 7 aromatic carbocycles. The van der Waals surface area contributed by atoms with Gasteiger partial charge in [0.25, 0.3) is 0 Å². The molecule has 46 heavy (non-hydrogen) atoms. The third-order valence-corrected chi connectivity index (χ3v) is 10.0. The lowest BCUT2D eigenvalue weighted by Gasteiger charge is -2.12. The third kappa shape index (κ3) is 3.89. The summed E-state index contributed by atoms with van der Waals surface area (Å²) in [5.41, 5.74) is 4.51. The summed E-state index contributed by atoms with van der Waals surface area (Å²) >= 11 is 1.80. The standard InChI is InChI=1S/C41H23N3OS/c1-2-10-25-21-27(18-17-24(25)9-1)39-42-40(28-19-20-31-30-13-6-8-16-35(30)46-36(31)23-28)44-41(43-39)38-29-12-4-3-11-26(29)22-34-37(38)32-14-5-7-15-33(32)45-34/h1-23H. The molecule has 0 saturated carbocycles. The highest BCUT2D eigenvalue weighted by molar-refractivity contribution is 7.25. The number of fused-ring (bicyclic) bond motifs is 8. The van der Waals surface area contributed by atoms with Gasteiger partial charge in [0.1, 0.15) is 11.2 Å². The van der Waals surface area contributed by atoms with E-state index in [1.165, 1.54) is 25.6 Å². The van der Waals surface area contributed by atoms with E-state index in [0.717, 1.165) is 54.8 Å². The molecule has 10 rings (SSSR count).